The van der Waals surface area contributed by atoms with Gasteiger partial charge in [0.05, 0.1) is 0 Å². The highest BCUT2D eigenvalue weighted by Gasteiger charge is 2.20. The van der Waals surface area contributed by atoms with E-state index in [-0.39, 0.29) is 0 Å². The van der Waals surface area contributed by atoms with Crippen molar-refractivity contribution in [2.75, 3.05) is 18.8 Å². The van der Waals surface area contributed by atoms with Gasteiger partial charge in [0.2, 0.25) is 0 Å². The van der Waals surface area contributed by atoms with Crippen LogP contribution in [-0.2, 0) is 6.54 Å². The Morgan fingerprint density at radius 1 is 1.19 bits per heavy atom. The summed E-state index contributed by atoms with van der Waals surface area (Å²) in [6, 6.07) is 9.35. The van der Waals surface area contributed by atoms with Crippen LogP contribution < -0.4 is 11.1 Å². The third-order valence-corrected chi connectivity index (χ3v) is 3.02. The monoisotopic (exact) mass is 219 g/mol. The SMILES string of the molecule is C[C@@H]1CN(Cc2ccc(N)cc2)C[C@H](C)N1. The molecule has 0 spiro atoms. The predicted octanol–water partition coefficient (Wildman–Crippen LogP) is 1.45. The fraction of sp³-hybridized carbons (Fsp3) is 0.538. The second-order valence-corrected chi connectivity index (χ2v) is 4.90. The Hall–Kier alpha value is -1.06. The molecule has 0 saturated carbocycles. The Labute approximate surface area is 97.6 Å². The van der Waals surface area contributed by atoms with Crippen molar-refractivity contribution in [1.82, 2.24) is 10.2 Å². The third-order valence-electron chi connectivity index (χ3n) is 3.02. The van der Waals surface area contributed by atoms with E-state index < -0.39 is 0 Å². The van der Waals surface area contributed by atoms with Crippen LogP contribution in [0.1, 0.15) is 19.4 Å². The van der Waals surface area contributed by atoms with E-state index in [4.69, 9.17) is 5.73 Å². The molecule has 3 nitrogen and oxygen atoms in total. The van der Waals surface area contributed by atoms with Gasteiger partial charge < -0.3 is 11.1 Å². The highest BCUT2D eigenvalue weighted by atomic mass is 15.2. The first-order chi connectivity index (χ1) is 7.63. The number of nitrogens with two attached hydrogens (primary N) is 1. The number of nitrogens with one attached hydrogen (secondary N) is 1. The number of piperazine rings is 1. The third kappa shape index (κ3) is 2.97. The Balaban J connectivity index is 1.96. The van der Waals surface area contributed by atoms with Crippen LogP contribution in [0.3, 0.4) is 0 Å². The number of rotatable bonds is 2. The highest BCUT2D eigenvalue weighted by Crippen LogP contribution is 2.11. The Kier molecular flexibility index (Phi) is 3.46. The van der Waals surface area contributed by atoms with Crippen molar-refractivity contribution in [2.24, 2.45) is 0 Å². The van der Waals surface area contributed by atoms with Crippen molar-refractivity contribution in [3.8, 4) is 0 Å². The molecule has 2 rings (SSSR count). The molecule has 0 radical (unpaired) electrons. The second-order valence-electron chi connectivity index (χ2n) is 4.90. The maximum absolute atomic E-state index is 5.68. The minimum Gasteiger partial charge on any atom is -0.399 e. The van der Waals surface area contributed by atoms with Gasteiger partial charge in [0, 0.05) is 37.4 Å². The molecular formula is C13H21N3. The highest BCUT2D eigenvalue weighted by molar-refractivity contribution is 5.39. The van der Waals surface area contributed by atoms with Crippen LogP contribution in [-0.4, -0.2) is 30.1 Å². The summed E-state index contributed by atoms with van der Waals surface area (Å²) in [4.78, 5) is 2.50. The molecule has 1 aliphatic rings. The molecule has 0 bridgehead atoms. The van der Waals surface area contributed by atoms with Crippen molar-refractivity contribution in [1.29, 1.82) is 0 Å². The zero-order chi connectivity index (χ0) is 11.5. The van der Waals surface area contributed by atoms with Crippen LogP contribution in [0.4, 0.5) is 5.69 Å². The average molecular weight is 219 g/mol. The second kappa shape index (κ2) is 4.85. The first-order valence-corrected chi connectivity index (χ1v) is 5.96. The molecule has 1 heterocycles. The average Bonchev–Trinajstić information content (AvgIpc) is 2.20. The zero-order valence-electron chi connectivity index (χ0n) is 10.1. The lowest BCUT2D eigenvalue weighted by Gasteiger charge is -2.36. The van der Waals surface area contributed by atoms with Gasteiger partial charge in [0.1, 0.15) is 0 Å². The van der Waals surface area contributed by atoms with Crippen LogP contribution in [0.15, 0.2) is 24.3 Å². The predicted molar refractivity (Wildman–Crippen MR) is 68.2 cm³/mol. The number of benzene rings is 1. The van der Waals surface area contributed by atoms with Gasteiger partial charge in [0.25, 0.3) is 0 Å². The first-order valence-electron chi connectivity index (χ1n) is 5.96. The molecule has 1 saturated heterocycles. The summed E-state index contributed by atoms with van der Waals surface area (Å²) in [5, 5.41) is 3.54. The summed E-state index contributed by atoms with van der Waals surface area (Å²) < 4.78 is 0. The molecule has 88 valence electrons. The molecule has 1 aromatic rings. The molecule has 0 aliphatic carbocycles. The Morgan fingerprint density at radius 2 is 1.75 bits per heavy atom. The van der Waals surface area contributed by atoms with E-state index in [0.29, 0.717) is 12.1 Å². The number of hydrogen-bond acceptors (Lipinski definition) is 3. The maximum atomic E-state index is 5.68. The minimum atomic E-state index is 0.581. The van der Waals surface area contributed by atoms with Gasteiger partial charge in [-0.15, -0.1) is 0 Å². The number of hydrogen-bond donors (Lipinski definition) is 2. The molecule has 0 amide bonds. The molecule has 16 heavy (non-hydrogen) atoms. The van der Waals surface area contributed by atoms with Gasteiger partial charge >= 0.3 is 0 Å². The van der Waals surface area contributed by atoms with E-state index in [2.05, 4.69) is 36.2 Å². The first kappa shape index (κ1) is 11.4. The van der Waals surface area contributed by atoms with Crippen LogP contribution in [0.5, 0.6) is 0 Å². The fourth-order valence-electron chi connectivity index (χ4n) is 2.45. The summed E-state index contributed by atoms with van der Waals surface area (Å²) in [6.45, 7) is 7.75. The molecule has 1 aliphatic heterocycles. The molecule has 1 aromatic carbocycles. The number of nitrogen functional groups attached to an aromatic ring is 1. The van der Waals surface area contributed by atoms with Gasteiger partial charge in [0.15, 0.2) is 0 Å². The molecule has 1 fully saturated rings. The molecule has 2 atom stereocenters. The van der Waals surface area contributed by atoms with Crippen molar-refractivity contribution in [3.63, 3.8) is 0 Å². The van der Waals surface area contributed by atoms with Crippen LogP contribution in [0.2, 0.25) is 0 Å². The Bertz CT molecular complexity index is 324. The van der Waals surface area contributed by atoms with Gasteiger partial charge in [-0.3, -0.25) is 4.90 Å². The summed E-state index contributed by atoms with van der Waals surface area (Å²) in [5.41, 5.74) is 7.86. The molecule has 3 heteroatoms. The molecule has 3 N–H and O–H groups in total. The van der Waals surface area contributed by atoms with Gasteiger partial charge in [-0.05, 0) is 31.5 Å². The molecular weight excluding hydrogens is 198 g/mol. The van der Waals surface area contributed by atoms with E-state index in [1.807, 2.05) is 12.1 Å². The lowest BCUT2D eigenvalue weighted by molar-refractivity contribution is 0.166. The van der Waals surface area contributed by atoms with Gasteiger partial charge in [-0.25, -0.2) is 0 Å². The van der Waals surface area contributed by atoms with Gasteiger partial charge in [-0.1, -0.05) is 12.1 Å². The largest absolute Gasteiger partial charge is 0.399 e. The lowest BCUT2D eigenvalue weighted by Crippen LogP contribution is -2.53. The van der Waals surface area contributed by atoms with Crippen molar-refractivity contribution in [2.45, 2.75) is 32.5 Å². The summed E-state index contributed by atoms with van der Waals surface area (Å²) in [7, 11) is 0. The number of nitrogens with zero attached hydrogens (tertiary/aromatic N) is 1. The quantitative estimate of drug-likeness (QED) is 0.740. The van der Waals surface area contributed by atoms with Crippen LogP contribution in [0.25, 0.3) is 0 Å². The van der Waals surface area contributed by atoms with E-state index in [1.165, 1.54) is 5.56 Å². The van der Waals surface area contributed by atoms with Crippen molar-refractivity contribution in [3.05, 3.63) is 29.8 Å². The summed E-state index contributed by atoms with van der Waals surface area (Å²) >= 11 is 0. The minimum absolute atomic E-state index is 0.581. The van der Waals surface area contributed by atoms with Crippen LogP contribution in [0, 0.1) is 0 Å². The van der Waals surface area contributed by atoms with E-state index in [0.717, 1.165) is 25.3 Å². The van der Waals surface area contributed by atoms with E-state index >= 15 is 0 Å². The Morgan fingerprint density at radius 3 is 2.31 bits per heavy atom. The van der Waals surface area contributed by atoms with E-state index in [9.17, 15) is 0 Å². The summed E-state index contributed by atoms with van der Waals surface area (Å²) in [6.07, 6.45) is 0. The summed E-state index contributed by atoms with van der Waals surface area (Å²) in [5.74, 6) is 0. The lowest BCUT2D eigenvalue weighted by atomic mass is 10.1. The number of anilines is 1. The fourth-order valence-corrected chi connectivity index (χ4v) is 2.45. The molecule has 0 unspecified atom stereocenters. The van der Waals surface area contributed by atoms with Crippen molar-refractivity contribution < 1.29 is 0 Å². The van der Waals surface area contributed by atoms with E-state index in [1.54, 1.807) is 0 Å². The van der Waals surface area contributed by atoms with Crippen molar-refractivity contribution >= 4 is 5.69 Å². The molecule has 0 aromatic heterocycles. The zero-order valence-corrected chi connectivity index (χ0v) is 10.1. The topological polar surface area (TPSA) is 41.3 Å². The maximum Gasteiger partial charge on any atom is 0.0314 e. The smallest absolute Gasteiger partial charge is 0.0314 e. The normalized spacial score (nSPS) is 26.9. The van der Waals surface area contributed by atoms with Gasteiger partial charge in [-0.2, -0.15) is 0 Å². The van der Waals surface area contributed by atoms with Crippen LogP contribution >= 0.6 is 0 Å². The standard InChI is InChI=1S/C13H21N3/c1-10-7-16(8-11(2)15-10)9-12-3-5-13(14)6-4-12/h3-6,10-11,15H,7-9,14H2,1-2H3/t10-,11+.